The highest BCUT2D eigenvalue weighted by Gasteiger charge is 2.29. The largest absolute Gasteiger partial charge is 0.463 e. The number of benzene rings is 1. The van der Waals surface area contributed by atoms with Crippen LogP contribution in [0, 0.1) is 0 Å². The van der Waals surface area contributed by atoms with E-state index in [1.807, 2.05) is 42.6 Å². The molecular weight excluding hydrogens is 368 g/mol. The average Bonchev–Trinajstić information content (AvgIpc) is 3.42. The molecule has 7 heteroatoms. The van der Waals surface area contributed by atoms with Crippen LogP contribution in [0.3, 0.4) is 0 Å². The van der Waals surface area contributed by atoms with E-state index in [4.69, 9.17) is 10.2 Å². The van der Waals surface area contributed by atoms with Gasteiger partial charge in [-0.25, -0.2) is 4.68 Å². The van der Waals surface area contributed by atoms with Crippen LogP contribution in [0.4, 0.5) is 0 Å². The van der Waals surface area contributed by atoms with Crippen molar-refractivity contribution in [3.8, 4) is 17.1 Å². The summed E-state index contributed by atoms with van der Waals surface area (Å²) < 4.78 is 7.26. The van der Waals surface area contributed by atoms with Crippen LogP contribution in [0.1, 0.15) is 24.8 Å². The van der Waals surface area contributed by atoms with Gasteiger partial charge in [-0.05, 0) is 49.6 Å². The van der Waals surface area contributed by atoms with Crippen LogP contribution < -0.4 is 5.73 Å². The molecule has 1 fully saturated rings. The Morgan fingerprint density at radius 1 is 1.14 bits per heavy atom. The van der Waals surface area contributed by atoms with Crippen LogP contribution in [0.2, 0.25) is 0 Å². The maximum absolute atomic E-state index is 12.7. The van der Waals surface area contributed by atoms with Gasteiger partial charge >= 0.3 is 0 Å². The molecule has 2 amide bonds. The normalized spacial score (nSPS) is 17.0. The van der Waals surface area contributed by atoms with E-state index in [1.165, 1.54) is 6.08 Å². The van der Waals surface area contributed by atoms with Gasteiger partial charge in [0.2, 0.25) is 11.8 Å². The Morgan fingerprint density at radius 3 is 2.69 bits per heavy atom. The Labute approximate surface area is 168 Å². The maximum Gasteiger partial charge on any atom is 0.247 e. The highest BCUT2D eigenvalue weighted by atomic mass is 16.3. The summed E-state index contributed by atoms with van der Waals surface area (Å²) in [5.41, 5.74) is 7.75. The minimum absolute atomic E-state index is 0.230. The third-order valence-corrected chi connectivity index (χ3v) is 5.04. The summed E-state index contributed by atoms with van der Waals surface area (Å²) in [5.74, 6) is -0.0780. The number of rotatable bonds is 5. The topological polar surface area (TPSA) is 94.4 Å². The fraction of sp³-hybridized carbons (Fsp3) is 0.227. The number of hydrogen-bond acceptors (Lipinski definition) is 4. The zero-order valence-corrected chi connectivity index (χ0v) is 15.9. The molecule has 148 valence electrons. The second-order valence-corrected chi connectivity index (χ2v) is 6.97. The molecule has 1 aliphatic heterocycles. The highest BCUT2D eigenvalue weighted by Crippen LogP contribution is 2.25. The third-order valence-electron chi connectivity index (χ3n) is 5.04. The molecule has 0 spiro atoms. The van der Waals surface area contributed by atoms with Gasteiger partial charge in [-0.2, -0.15) is 5.10 Å². The zero-order valence-electron chi connectivity index (χ0n) is 15.9. The number of nitrogens with two attached hydrogens (primary N) is 1. The van der Waals surface area contributed by atoms with Crippen molar-refractivity contribution >= 4 is 17.9 Å². The standard InChI is InChI=1S/C22H22N4O3/c23-22(28)18-9-4-5-13-25(18)20(27)12-11-16-15-26(17-7-2-1-3-8-17)24-21(16)19-10-6-14-29-19/h1-3,6-8,10-12,14-15,18H,4-5,9,13H2,(H2,23,28). The van der Waals surface area contributed by atoms with Gasteiger partial charge in [0.15, 0.2) is 5.76 Å². The lowest BCUT2D eigenvalue weighted by atomic mass is 10.0. The first kappa shape index (κ1) is 18.7. The summed E-state index contributed by atoms with van der Waals surface area (Å²) in [6.45, 7) is 0.533. The van der Waals surface area contributed by atoms with Gasteiger partial charge in [0.05, 0.1) is 12.0 Å². The van der Waals surface area contributed by atoms with E-state index in [0.29, 0.717) is 24.4 Å². The van der Waals surface area contributed by atoms with Crippen LogP contribution in [0.25, 0.3) is 23.2 Å². The summed E-state index contributed by atoms with van der Waals surface area (Å²) >= 11 is 0. The van der Waals surface area contributed by atoms with E-state index >= 15 is 0 Å². The number of piperidine rings is 1. The van der Waals surface area contributed by atoms with E-state index in [0.717, 1.165) is 24.1 Å². The van der Waals surface area contributed by atoms with Gasteiger partial charge in [0, 0.05) is 24.4 Å². The summed E-state index contributed by atoms with van der Waals surface area (Å²) in [7, 11) is 0. The lowest BCUT2D eigenvalue weighted by molar-refractivity contribution is -0.137. The van der Waals surface area contributed by atoms with E-state index in [1.54, 1.807) is 28.0 Å². The molecule has 7 nitrogen and oxygen atoms in total. The van der Waals surface area contributed by atoms with Crippen molar-refractivity contribution in [1.82, 2.24) is 14.7 Å². The number of para-hydroxylation sites is 1. The summed E-state index contributed by atoms with van der Waals surface area (Å²) in [6.07, 6.45) is 8.98. The number of primary amides is 1. The van der Waals surface area contributed by atoms with Crippen molar-refractivity contribution in [2.45, 2.75) is 25.3 Å². The first-order chi connectivity index (χ1) is 14.1. The summed E-state index contributed by atoms with van der Waals surface area (Å²) in [6, 6.07) is 12.8. The molecule has 0 aliphatic carbocycles. The van der Waals surface area contributed by atoms with Crippen molar-refractivity contribution < 1.29 is 14.0 Å². The molecule has 1 saturated heterocycles. The van der Waals surface area contributed by atoms with Crippen LogP contribution in [-0.4, -0.2) is 39.1 Å². The highest BCUT2D eigenvalue weighted by molar-refractivity contribution is 5.96. The van der Waals surface area contributed by atoms with Crippen molar-refractivity contribution in [3.05, 3.63) is 66.6 Å². The van der Waals surface area contributed by atoms with Crippen molar-refractivity contribution in [3.63, 3.8) is 0 Å². The zero-order chi connectivity index (χ0) is 20.2. The van der Waals surface area contributed by atoms with Crippen LogP contribution >= 0.6 is 0 Å². The third kappa shape index (κ3) is 3.99. The molecule has 1 aliphatic rings. The van der Waals surface area contributed by atoms with E-state index in [9.17, 15) is 9.59 Å². The number of aromatic nitrogens is 2. The summed E-state index contributed by atoms with van der Waals surface area (Å²) in [5, 5.41) is 4.63. The lowest BCUT2D eigenvalue weighted by Gasteiger charge is -2.32. The SMILES string of the molecule is NC(=O)C1CCCCN1C(=O)C=Cc1cn(-c2ccccc2)nc1-c1ccco1. The molecule has 3 aromatic rings. The fourth-order valence-electron chi connectivity index (χ4n) is 3.57. The maximum atomic E-state index is 12.7. The van der Waals surface area contributed by atoms with Gasteiger partial charge in [-0.1, -0.05) is 18.2 Å². The Balaban J connectivity index is 1.64. The molecular formula is C22H22N4O3. The smallest absolute Gasteiger partial charge is 0.247 e. The van der Waals surface area contributed by atoms with Gasteiger partial charge < -0.3 is 15.1 Å². The molecule has 2 N–H and O–H groups in total. The van der Waals surface area contributed by atoms with Crippen molar-refractivity contribution in [2.24, 2.45) is 5.73 Å². The number of hydrogen-bond donors (Lipinski definition) is 1. The first-order valence-electron chi connectivity index (χ1n) is 9.60. The number of nitrogens with zero attached hydrogens (tertiary/aromatic N) is 3. The van der Waals surface area contributed by atoms with Crippen LogP contribution in [0.15, 0.2) is 65.4 Å². The molecule has 3 heterocycles. The predicted octanol–water partition coefficient (Wildman–Crippen LogP) is 3.01. The number of likely N-dealkylation sites (tertiary alicyclic amines) is 1. The Hall–Kier alpha value is -3.61. The lowest BCUT2D eigenvalue weighted by Crippen LogP contribution is -2.49. The molecule has 0 saturated carbocycles. The molecule has 2 aromatic heterocycles. The number of carbonyl (C=O) groups is 2. The molecule has 0 bridgehead atoms. The quantitative estimate of drug-likeness (QED) is 0.678. The van der Waals surface area contributed by atoms with Crippen LogP contribution in [-0.2, 0) is 9.59 Å². The number of carbonyl (C=O) groups excluding carboxylic acids is 2. The minimum atomic E-state index is -0.544. The predicted molar refractivity (Wildman–Crippen MR) is 109 cm³/mol. The van der Waals surface area contributed by atoms with E-state index in [-0.39, 0.29) is 5.91 Å². The van der Waals surface area contributed by atoms with Gasteiger partial charge in [-0.15, -0.1) is 0 Å². The first-order valence-corrected chi connectivity index (χ1v) is 9.60. The van der Waals surface area contributed by atoms with Gasteiger partial charge in [0.1, 0.15) is 11.7 Å². The van der Waals surface area contributed by atoms with Crippen molar-refractivity contribution in [1.29, 1.82) is 0 Å². The fourth-order valence-corrected chi connectivity index (χ4v) is 3.57. The van der Waals surface area contributed by atoms with Crippen molar-refractivity contribution in [2.75, 3.05) is 6.54 Å². The van der Waals surface area contributed by atoms with Gasteiger partial charge in [-0.3, -0.25) is 9.59 Å². The Kier molecular flexibility index (Phi) is 5.29. The number of furan rings is 1. The molecule has 29 heavy (non-hydrogen) atoms. The molecule has 4 rings (SSSR count). The molecule has 1 unspecified atom stereocenters. The van der Waals surface area contributed by atoms with Crippen LogP contribution in [0.5, 0.6) is 0 Å². The monoisotopic (exact) mass is 390 g/mol. The summed E-state index contributed by atoms with van der Waals surface area (Å²) in [4.78, 5) is 26.0. The van der Waals surface area contributed by atoms with E-state index in [2.05, 4.69) is 5.10 Å². The Morgan fingerprint density at radius 2 is 1.97 bits per heavy atom. The second-order valence-electron chi connectivity index (χ2n) is 6.97. The van der Waals surface area contributed by atoms with Gasteiger partial charge in [0.25, 0.3) is 0 Å². The molecule has 0 radical (unpaired) electrons. The molecule has 1 aromatic carbocycles. The van der Waals surface area contributed by atoms with E-state index < -0.39 is 11.9 Å². The Bertz CT molecular complexity index is 1020. The average molecular weight is 390 g/mol. The molecule has 1 atom stereocenters. The number of amides is 2. The second kappa shape index (κ2) is 8.18. The minimum Gasteiger partial charge on any atom is -0.463 e.